The Hall–Kier alpha value is -1.64. The van der Waals surface area contributed by atoms with Gasteiger partial charge in [-0.25, -0.2) is 0 Å². The maximum Gasteiger partial charge on any atom is 0.222 e. The Morgan fingerprint density at radius 2 is 2.00 bits per heavy atom. The molecule has 1 fully saturated rings. The van der Waals surface area contributed by atoms with Crippen LogP contribution in [0.5, 0.6) is 0 Å². The van der Waals surface area contributed by atoms with E-state index in [1.165, 1.54) is 11.1 Å². The highest BCUT2D eigenvalue weighted by atomic mass is 16.2. The van der Waals surface area contributed by atoms with Crippen LogP contribution in [0.2, 0.25) is 0 Å². The summed E-state index contributed by atoms with van der Waals surface area (Å²) in [6.07, 6.45) is 1.82. The average molecular weight is 259 g/mol. The van der Waals surface area contributed by atoms with E-state index >= 15 is 0 Å². The van der Waals surface area contributed by atoms with Gasteiger partial charge in [-0.3, -0.25) is 9.59 Å². The zero-order valence-electron chi connectivity index (χ0n) is 11.7. The molecule has 3 nitrogen and oxygen atoms in total. The molecule has 0 radical (unpaired) electrons. The van der Waals surface area contributed by atoms with Gasteiger partial charge in [0.2, 0.25) is 5.91 Å². The monoisotopic (exact) mass is 259 g/mol. The molecule has 2 rings (SSSR count). The minimum absolute atomic E-state index is 0.00271. The van der Waals surface area contributed by atoms with Crippen LogP contribution in [-0.2, 0) is 16.0 Å². The highest BCUT2D eigenvalue weighted by Gasteiger charge is 2.26. The first-order valence-corrected chi connectivity index (χ1v) is 6.92. The largest absolute Gasteiger partial charge is 0.342 e. The van der Waals surface area contributed by atoms with Crippen molar-refractivity contribution in [1.82, 2.24) is 4.90 Å². The Labute approximate surface area is 114 Å². The standard InChI is InChI=1S/C16H21NO2/c1-12-3-5-14(6-4-12)7-8-16(19)17-10-9-15(18)13(2)11-17/h3-6,13H,7-11H2,1-2H3. The molecule has 0 aliphatic carbocycles. The highest BCUT2D eigenvalue weighted by molar-refractivity contribution is 5.85. The molecule has 0 saturated carbocycles. The van der Waals surface area contributed by atoms with Crippen molar-refractivity contribution in [2.24, 2.45) is 5.92 Å². The first kappa shape index (κ1) is 13.8. The fourth-order valence-electron chi connectivity index (χ4n) is 2.41. The molecule has 1 aromatic rings. The van der Waals surface area contributed by atoms with Gasteiger partial charge in [0.25, 0.3) is 0 Å². The van der Waals surface area contributed by atoms with Crippen LogP contribution in [0.3, 0.4) is 0 Å². The van der Waals surface area contributed by atoms with E-state index in [-0.39, 0.29) is 17.6 Å². The molecule has 1 heterocycles. The molecule has 1 unspecified atom stereocenters. The van der Waals surface area contributed by atoms with Crippen molar-refractivity contribution in [3.8, 4) is 0 Å². The van der Waals surface area contributed by atoms with Crippen LogP contribution in [0, 0.1) is 12.8 Å². The molecule has 0 bridgehead atoms. The van der Waals surface area contributed by atoms with Crippen LogP contribution < -0.4 is 0 Å². The fourth-order valence-corrected chi connectivity index (χ4v) is 2.41. The van der Waals surface area contributed by atoms with Crippen molar-refractivity contribution < 1.29 is 9.59 Å². The molecule has 1 amide bonds. The number of rotatable bonds is 3. The number of likely N-dealkylation sites (tertiary alicyclic amines) is 1. The summed E-state index contributed by atoms with van der Waals surface area (Å²) in [5, 5.41) is 0. The summed E-state index contributed by atoms with van der Waals surface area (Å²) < 4.78 is 0. The summed E-state index contributed by atoms with van der Waals surface area (Å²) in [7, 11) is 0. The van der Waals surface area contributed by atoms with Crippen molar-refractivity contribution in [3.63, 3.8) is 0 Å². The zero-order chi connectivity index (χ0) is 13.8. The molecule has 1 aromatic carbocycles. The first-order valence-electron chi connectivity index (χ1n) is 6.92. The van der Waals surface area contributed by atoms with Gasteiger partial charge in [-0.1, -0.05) is 36.8 Å². The Morgan fingerprint density at radius 3 is 2.63 bits per heavy atom. The number of Topliss-reactive ketones (excluding diaryl/α,β-unsaturated/α-hetero) is 1. The van der Waals surface area contributed by atoms with Crippen molar-refractivity contribution in [2.75, 3.05) is 13.1 Å². The molecule has 0 N–H and O–H groups in total. The highest BCUT2D eigenvalue weighted by Crippen LogP contribution is 2.14. The van der Waals surface area contributed by atoms with Gasteiger partial charge >= 0.3 is 0 Å². The number of piperidine rings is 1. The van der Waals surface area contributed by atoms with Gasteiger partial charge in [-0.2, -0.15) is 0 Å². The molecular formula is C16H21NO2. The molecule has 19 heavy (non-hydrogen) atoms. The summed E-state index contributed by atoms with van der Waals surface area (Å²) in [5.74, 6) is 0.444. The average Bonchev–Trinajstić information content (AvgIpc) is 2.41. The van der Waals surface area contributed by atoms with Crippen LogP contribution in [-0.4, -0.2) is 29.7 Å². The fraction of sp³-hybridized carbons (Fsp3) is 0.500. The molecule has 102 valence electrons. The van der Waals surface area contributed by atoms with Gasteiger partial charge in [0.05, 0.1) is 0 Å². The molecule has 0 spiro atoms. The second-order valence-corrected chi connectivity index (χ2v) is 5.44. The summed E-state index contributed by atoms with van der Waals surface area (Å²) in [6, 6.07) is 8.29. The Balaban J connectivity index is 1.84. The van der Waals surface area contributed by atoms with E-state index in [0.717, 1.165) is 6.42 Å². The van der Waals surface area contributed by atoms with Crippen LogP contribution >= 0.6 is 0 Å². The lowest BCUT2D eigenvalue weighted by Crippen LogP contribution is -2.43. The number of aryl methyl sites for hydroxylation is 2. The molecule has 1 atom stereocenters. The van der Waals surface area contributed by atoms with E-state index in [0.29, 0.717) is 25.9 Å². The SMILES string of the molecule is Cc1ccc(CCC(=O)N2CCC(=O)C(C)C2)cc1. The van der Waals surface area contributed by atoms with E-state index in [1.54, 1.807) is 0 Å². The van der Waals surface area contributed by atoms with Gasteiger partial charge in [0.15, 0.2) is 0 Å². The van der Waals surface area contributed by atoms with Crippen molar-refractivity contribution in [3.05, 3.63) is 35.4 Å². The van der Waals surface area contributed by atoms with E-state index in [2.05, 4.69) is 31.2 Å². The Morgan fingerprint density at radius 1 is 1.32 bits per heavy atom. The minimum atomic E-state index is -0.00271. The topological polar surface area (TPSA) is 37.4 Å². The number of ketones is 1. The van der Waals surface area contributed by atoms with Crippen molar-refractivity contribution in [1.29, 1.82) is 0 Å². The van der Waals surface area contributed by atoms with Gasteiger partial charge in [0, 0.05) is 31.8 Å². The predicted octanol–water partition coefficient (Wildman–Crippen LogP) is 2.37. The summed E-state index contributed by atoms with van der Waals surface area (Å²) in [4.78, 5) is 25.4. The van der Waals surface area contributed by atoms with Gasteiger partial charge in [0.1, 0.15) is 5.78 Å². The van der Waals surface area contributed by atoms with Crippen molar-refractivity contribution in [2.45, 2.75) is 33.1 Å². The Kier molecular flexibility index (Phi) is 4.35. The second kappa shape index (κ2) is 6.00. The lowest BCUT2D eigenvalue weighted by Gasteiger charge is -2.30. The number of amides is 1. The third kappa shape index (κ3) is 3.66. The maximum absolute atomic E-state index is 12.1. The molecule has 1 aliphatic heterocycles. The van der Waals surface area contributed by atoms with Gasteiger partial charge in [-0.05, 0) is 18.9 Å². The third-order valence-corrected chi connectivity index (χ3v) is 3.77. The van der Waals surface area contributed by atoms with Crippen LogP contribution in [0.15, 0.2) is 24.3 Å². The second-order valence-electron chi connectivity index (χ2n) is 5.44. The van der Waals surface area contributed by atoms with E-state index < -0.39 is 0 Å². The van der Waals surface area contributed by atoms with E-state index in [4.69, 9.17) is 0 Å². The maximum atomic E-state index is 12.1. The number of hydrogen-bond donors (Lipinski definition) is 0. The van der Waals surface area contributed by atoms with E-state index in [1.807, 2.05) is 11.8 Å². The third-order valence-electron chi connectivity index (χ3n) is 3.77. The number of nitrogens with zero attached hydrogens (tertiary/aromatic N) is 1. The molecule has 1 saturated heterocycles. The predicted molar refractivity (Wildman–Crippen MR) is 74.9 cm³/mol. The number of hydrogen-bond acceptors (Lipinski definition) is 2. The van der Waals surface area contributed by atoms with Crippen LogP contribution in [0.1, 0.15) is 30.9 Å². The number of benzene rings is 1. The lowest BCUT2D eigenvalue weighted by molar-refractivity contribution is -0.136. The Bertz CT molecular complexity index is 464. The van der Waals surface area contributed by atoms with Gasteiger partial charge < -0.3 is 4.90 Å². The number of carbonyl (C=O) groups is 2. The molecule has 1 aliphatic rings. The van der Waals surface area contributed by atoms with E-state index in [9.17, 15) is 9.59 Å². The first-order chi connectivity index (χ1) is 9.06. The summed E-state index contributed by atoms with van der Waals surface area (Å²) in [6.45, 7) is 5.14. The zero-order valence-corrected chi connectivity index (χ0v) is 11.7. The van der Waals surface area contributed by atoms with Crippen molar-refractivity contribution >= 4 is 11.7 Å². The van der Waals surface area contributed by atoms with Crippen LogP contribution in [0.25, 0.3) is 0 Å². The van der Waals surface area contributed by atoms with Crippen LogP contribution in [0.4, 0.5) is 0 Å². The summed E-state index contributed by atoms with van der Waals surface area (Å²) >= 11 is 0. The normalized spacial score (nSPS) is 19.6. The smallest absolute Gasteiger partial charge is 0.222 e. The molecule has 0 aromatic heterocycles. The minimum Gasteiger partial charge on any atom is -0.342 e. The molecule has 3 heteroatoms. The quantitative estimate of drug-likeness (QED) is 0.835. The lowest BCUT2D eigenvalue weighted by atomic mass is 9.98. The summed E-state index contributed by atoms with van der Waals surface area (Å²) in [5.41, 5.74) is 2.43. The van der Waals surface area contributed by atoms with Gasteiger partial charge in [-0.15, -0.1) is 0 Å². The molecular weight excluding hydrogens is 238 g/mol. The number of carbonyl (C=O) groups excluding carboxylic acids is 2.